The van der Waals surface area contributed by atoms with Crippen LogP contribution in [0, 0.1) is 16.0 Å². The van der Waals surface area contributed by atoms with Gasteiger partial charge in [-0.05, 0) is 63.6 Å². The van der Waals surface area contributed by atoms with Crippen LogP contribution in [-0.4, -0.2) is 47.0 Å². The molecule has 0 radical (unpaired) electrons. The second-order valence-electron chi connectivity index (χ2n) is 7.75. The molecule has 0 atom stereocenters. The number of aromatic nitrogens is 1. The van der Waals surface area contributed by atoms with E-state index in [9.17, 15) is 10.1 Å². The van der Waals surface area contributed by atoms with Gasteiger partial charge in [-0.2, -0.15) is 0 Å². The number of rotatable bonds is 7. The Morgan fingerprint density at radius 2 is 1.92 bits per heavy atom. The van der Waals surface area contributed by atoms with Crippen molar-refractivity contribution in [3.05, 3.63) is 22.2 Å². The van der Waals surface area contributed by atoms with Crippen LogP contribution in [0.5, 0.6) is 0 Å². The lowest BCUT2D eigenvalue weighted by atomic mass is 9.87. The zero-order valence-electron chi connectivity index (χ0n) is 15.7. The quantitative estimate of drug-likeness (QED) is 0.566. The third-order valence-electron chi connectivity index (χ3n) is 5.61. The molecule has 1 saturated heterocycles. The van der Waals surface area contributed by atoms with Crippen molar-refractivity contribution in [1.82, 2.24) is 9.88 Å². The third kappa shape index (κ3) is 5.30. The summed E-state index contributed by atoms with van der Waals surface area (Å²) in [6.45, 7) is 6.12. The first kappa shape index (κ1) is 18.9. The van der Waals surface area contributed by atoms with Gasteiger partial charge in [0.2, 0.25) is 5.82 Å². The molecule has 2 N–H and O–H groups in total. The number of hydrogen-bond donors (Lipinski definition) is 2. The molecule has 3 rings (SSSR count). The van der Waals surface area contributed by atoms with E-state index in [1.54, 1.807) is 12.1 Å². The van der Waals surface area contributed by atoms with Crippen LogP contribution in [0.15, 0.2) is 12.1 Å². The molecule has 0 unspecified atom stereocenters. The molecule has 1 aliphatic carbocycles. The predicted molar refractivity (Wildman–Crippen MR) is 105 cm³/mol. The Hall–Kier alpha value is -1.89. The summed E-state index contributed by atoms with van der Waals surface area (Å²) in [5, 5.41) is 18.0. The van der Waals surface area contributed by atoms with E-state index in [0.29, 0.717) is 18.4 Å². The van der Waals surface area contributed by atoms with E-state index in [2.05, 4.69) is 27.4 Å². The number of nitrogens with one attached hydrogen (secondary N) is 2. The van der Waals surface area contributed by atoms with E-state index in [1.165, 1.54) is 32.1 Å². The lowest BCUT2D eigenvalue weighted by molar-refractivity contribution is -0.384. The zero-order valence-corrected chi connectivity index (χ0v) is 15.7. The highest BCUT2D eigenvalue weighted by atomic mass is 16.6. The number of likely N-dealkylation sites (tertiary alicyclic amines) is 1. The predicted octanol–water partition coefficient (Wildman–Crippen LogP) is 3.88. The summed E-state index contributed by atoms with van der Waals surface area (Å²) in [5.74, 6) is 1.90. The molecule has 144 valence electrons. The Morgan fingerprint density at radius 1 is 1.19 bits per heavy atom. The van der Waals surface area contributed by atoms with Gasteiger partial charge in [-0.15, -0.1) is 0 Å². The Bertz CT molecular complexity index is 596. The largest absolute Gasteiger partial charge is 0.367 e. The van der Waals surface area contributed by atoms with Gasteiger partial charge in [0.05, 0.1) is 4.92 Å². The van der Waals surface area contributed by atoms with Crippen LogP contribution in [0.25, 0.3) is 0 Å². The fraction of sp³-hybridized carbons (Fsp3) is 0.737. The van der Waals surface area contributed by atoms with Crippen LogP contribution in [0.3, 0.4) is 0 Å². The maximum atomic E-state index is 11.3. The average Bonchev–Trinajstić information content (AvgIpc) is 2.64. The normalized spacial score (nSPS) is 24.2. The van der Waals surface area contributed by atoms with Crippen LogP contribution in [0.4, 0.5) is 17.3 Å². The lowest BCUT2D eigenvalue weighted by Crippen LogP contribution is -2.33. The number of nitro groups is 1. The molecule has 1 aromatic rings. The Kier molecular flexibility index (Phi) is 6.66. The molecule has 0 bridgehead atoms. The molecule has 0 aromatic carbocycles. The molecule has 2 heterocycles. The third-order valence-corrected chi connectivity index (χ3v) is 5.61. The van der Waals surface area contributed by atoms with Crippen LogP contribution in [-0.2, 0) is 0 Å². The summed E-state index contributed by atoms with van der Waals surface area (Å²) in [4.78, 5) is 17.9. The number of pyridine rings is 1. The van der Waals surface area contributed by atoms with Crippen molar-refractivity contribution in [3.63, 3.8) is 0 Å². The van der Waals surface area contributed by atoms with Crippen molar-refractivity contribution >= 4 is 17.3 Å². The van der Waals surface area contributed by atoms with Crippen molar-refractivity contribution in [2.75, 3.05) is 36.8 Å². The number of nitrogens with zero attached hydrogens (tertiary/aromatic N) is 3. The second-order valence-corrected chi connectivity index (χ2v) is 7.75. The van der Waals surface area contributed by atoms with Crippen molar-refractivity contribution in [2.24, 2.45) is 5.92 Å². The van der Waals surface area contributed by atoms with E-state index in [0.717, 1.165) is 44.2 Å². The molecule has 2 fully saturated rings. The fourth-order valence-corrected chi connectivity index (χ4v) is 3.94. The summed E-state index contributed by atoms with van der Waals surface area (Å²) < 4.78 is 0. The highest BCUT2D eigenvalue weighted by molar-refractivity contribution is 5.60. The van der Waals surface area contributed by atoms with Gasteiger partial charge in [-0.25, -0.2) is 4.98 Å². The standard InChI is InChI=1S/C19H31N5O2/c1-15-5-7-16(8-6-15)21-18-10-9-17(24(25)26)19(22-18)20-11-14-23-12-3-2-4-13-23/h9-10,15-16H,2-8,11-14H2,1H3,(H2,20,21,22). The maximum Gasteiger partial charge on any atom is 0.311 e. The van der Waals surface area contributed by atoms with Gasteiger partial charge >= 0.3 is 5.69 Å². The topological polar surface area (TPSA) is 83.3 Å². The number of piperidine rings is 1. The van der Waals surface area contributed by atoms with Gasteiger partial charge in [0, 0.05) is 25.2 Å². The van der Waals surface area contributed by atoms with Gasteiger partial charge in [0.1, 0.15) is 5.82 Å². The highest BCUT2D eigenvalue weighted by Gasteiger charge is 2.21. The van der Waals surface area contributed by atoms with Crippen LogP contribution in [0.1, 0.15) is 51.9 Å². The second kappa shape index (κ2) is 9.16. The number of hydrogen-bond acceptors (Lipinski definition) is 6. The zero-order chi connectivity index (χ0) is 18.4. The Labute approximate surface area is 155 Å². The molecular weight excluding hydrogens is 330 g/mol. The highest BCUT2D eigenvalue weighted by Crippen LogP contribution is 2.28. The van der Waals surface area contributed by atoms with Gasteiger partial charge < -0.3 is 15.5 Å². The SMILES string of the molecule is CC1CCC(Nc2ccc([N+](=O)[O-])c(NCCN3CCCCC3)n2)CC1. The molecule has 0 amide bonds. The minimum Gasteiger partial charge on any atom is -0.367 e. The molecule has 26 heavy (non-hydrogen) atoms. The van der Waals surface area contributed by atoms with Crippen LogP contribution in [0.2, 0.25) is 0 Å². The summed E-state index contributed by atoms with van der Waals surface area (Å²) in [7, 11) is 0. The van der Waals surface area contributed by atoms with Gasteiger partial charge in [-0.3, -0.25) is 10.1 Å². The van der Waals surface area contributed by atoms with Crippen LogP contribution >= 0.6 is 0 Å². The molecule has 0 spiro atoms. The molecule has 7 heteroatoms. The van der Waals surface area contributed by atoms with Crippen molar-refractivity contribution in [1.29, 1.82) is 0 Å². The van der Waals surface area contributed by atoms with Gasteiger partial charge in [0.15, 0.2) is 0 Å². The monoisotopic (exact) mass is 361 g/mol. The summed E-state index contributed by atoms with van der Waals surface area (Å²) in [6, 6.07) is 3.71. The van der Waals surface area contributed by atoms with Gasteiger partial charge in [-0.1, -0.05) is 13.3 Å². The summed E-state index contributed by atoms with van der Waals surface area (Å²) in [6.07, 6.45) is 8.53. The van der Waals surface area contributed by atoms with E-state index in [1.807, 2.05) is 0 Å². The first-order valence-corrected chi connectivity index (χ1v) is 10.00. The molecule has 1 aliphatic heterocycles. The molecule has 1 aromatic heterocycles. The van der Waals surface area contributed by atoms with Crippen molar-refractivity contribution in [2.45, 2.75) is 57.9 Å². The van der Waals surface area contributed by atoms with E-state index < -0.39 is 0 Å². The van der Waals surface area contributed by atoms with E-state index >= 15 is 0 Å². The van der Waals surface area contributed by atoms with Crippen LogP contribution < -0.4 is 10.6 Å². The van der Waals surface area contributed by atoms with Gasteiger partial charge in [0.25, 0.3) is 0 Å². The molecular formula is C19H31N5O2. The maximum absolute atomic E-state index is 11.3. The number of anilines is 2. The lowest BCUT2D eigenvalue weighted by Gasteiger charge is -2.27. The summed E-state index contributed by atoms with van der Waals surface area (Å²) in [5.41, 5.74) is 0.0476. The average molecular weight is 361 g/mol. The smallest absolute Gasteiger partial charge is 0.311 e. The Morgan fingerprint density at radius 3 is 2.62 bits per heavy atom. The molecule has 1 saturated carbocycles. The van der Waals surface area contributed by atoms with E-state index in [-0.39, 0.29) is 10.6 Å². The first-order chi connectivity index (χ1) is 12.6. The van der Waals surface area contributed by atoms with Crippen molar-refractivity contribution in [3.8, 4) is 0 Å². The molecule has 7 nitrogen and oxygen atoms in total. The minimum atomic E-state index is -0.359. The summed E-state index contributed by atoms with van der Waals surface area (Å²) >= 11 is 0. The Balaban J connectivity index is 1.59. The van der Waals surface area contributed by atoms with E-state index in [4.69, 9.17) is 0 Å². The minimum absolute atomic E-state index is 0.0476. The van der Waals surface area contributed by atoms with Crippen molar-refractivity contribution < 1.29 is 4.92 Å². The molecule has 2 aliphatic rings. The first-order valence-electron chi connectivity index (χ1n) is 10.00. The fourth-order valence-electron chi connectivity index (χ4n) is 3.94.